The summed E-state index contributed by atoms with van der Waals surface area (Å²) in [7, 11) is -3.75. The molecule has 0 aliphatic carbocycles. The molecule has 26 heavy (non-hydrogen) atoms. The van der Waals surface area contributed by atoms with Crippen molar-refractivity contribution >= 4 is 15.7 Å². The molecule has 1 aliphatic rings. The summed E-state index contributed by atoms with van der Waals surface area (Å²) in [5, 5.41) is 2.61. The summed E-state index contributed by atoms with van der Waals surface area (Å²) < 4.78 is 30.3. The van der Waals surface area contributed by atoms with Gasteiger partial charge >= 0.3 is 0 Å². The maximum atomic E-state index is 12.5. The molecule has 0 unspecified atom stereocenters. The number of sulfone groups is 1. The molecule has 6 nitrogen and oxygen atoms in total. The van der Waals surface area contributed by atoms with Crippen LogP contribution in [0.1, 0.15) is 36.7 Å². The van der Waals surface area contributed by atoms with Gasteiger partial charge in [0.2, 0.25) is 14.9 Å². The van der Waals surface area contributed by atoms with Gasteiger partial charge in [0, 0.05) is 12.6 Å². The fourth-order valence-corrected chi connectivity index (χ4v) is 4.31. The van der Waals surface area contributed by atoms with E-state index in [0.29, 0.717) is 6.54 Å². The molecule has 7 heteroatoms. The van der Waals surface area contributed by atoms with Crippen molar-refractivity contribution in [2.75, 3.05) is 19.6 Å². The Morgan fingerprint density at radius 1 is 1.12 bits per heavy atom. The number of nitrogens with one attached hydrogen (secondary N) is 1. The van der Waals surface area contributed by atoms with Gasteiger partial charge in [-0.25, -0.2) is 8.42 Å². The van der Waals surface area contributed by atoms with Crippen LogP contribution in [0.5, 0.6) is 0 Å². The van der Waals surface area contributed by atoms with Crippen molar-refractivity contribution < 1.29 is 17.6 Å². The molecule has 1 aromatic carbocycles. The summed E-state index contributed by atoms with van der Waals surface area (Å²) >= 11 is 0. The number of likely N-dealkylation sites (tertiary alicyclic amines) is 1. The number of hydrogen-bond donors (Lipinski definition) is 1. The highest BCUT2D eigenvalue weighted by Gasteiger charge is 2.24. The van der Waals surface area contributed by atoms with Gasteiger partial charge in [0.15, 0.2) is 5.76 Å². The summed E-state index contributed by atoms with van der Waals surface area (Å²) in [6.45, 7) is 4.69. The third kappa shape index (κ3) is 4.16. The van der Waals surface area contributed by atoms with E-state index in [1.807, 2.05) is 0 Å². The van der Waals surface area contributed by atoms with Crippen molar-refractivity contribution in [3.8, 4) is 0 Å². The Balaban J connectivity index is 1.63. The predicted octanol–water partition coefficient (Wildman–Crippen LogP) is 2.72. The van der Waals surface area contributed by atoms with Crippen molar-refractivity contribution in [3.63, 3.8) is 0 Å². The molecule has 1 fully saturated rings. The van der Waals surface area contributed by atoms with Gasteiger partial charge in [0.1, 0.15) is 0 Å². The van der Waals surface area contributed by atoms with Gasteiger partial charge in [0.25, 0.3) is 5.91 Å². The van der Waals surface area contributed by atoms with Crippen molar-refractivity contribution in [1.82, 2.24) is 10.2 Å². The maximum Gasteiger partial charge on any atom is 0.287 e. The summed E-state index contributed by atoms with van der Waals surface area (Å²) in [6, 6.07) is 11.0. The molecule has 0 spiro atoms. The standard InChI is InChI=1S/C19H24N2O4S/c1-15(21-12-6-3-7-13-21)14-20-19(22)17-10-11-18(25-17)26(23,24)16-8-4-2-5-9-16/h2,4-5,8-11,15H,3,6-7,12-14H2,1H3,(H,20,22)/t15-/m0/s1. The number of carbonyl (C=O) groups excluding carboxylic acids is 1. The first-order chi connectivity index (χ1) is 12.5. The van der Waals surface area contributed by atoms with Crippen molar-refractivity contribution in [2.24, 2.45) is 0 Å². The molecule has 1 saturated heterocycles. The van der Waals surface area contributed by atoms with E-state index in [9.17, 15) is 13.2 Å². The monoisotopic (exact) mass is 376 g/mol. The molecule has 0 bridgehead atoms. The maximum absolute atomic E-state index is 12.5. The van der Waals surface area contributed by atoms with E-state index in [2.05, 4.69) is 17.1 Å². The lowest BCUT2D eigenvalue weighted by Crippen LogP contribution is -2.44. The lowest BCUT2D eigenvalue weighted by molar-refractivity contribution is 0.0897. The molecule has 1 amide bonds. The average Bonchev–Trinajstić information content (AvgIpc) is 3.18. The SMILES string of the molecule is C[C@@H](CNC(=O)c1ccc(S(=O)(=O)c2ccccc2)o1)N1CCCCC1. The number of hydrogen-bond acceptors (Lipinski definition) is 5. The zero-order valence-corrected chi connectivity index (χ0v) is 15.7. The van der Waals surface area contributed by atoms with Crippen molar-refractivity contribution in [1.29, 1.82) is 0 Å². The second-order valence-electron chi connectivity index (χ2n) is 6.59. The van der Waals surface area contributed by atoms with E-state index in [0.717, 1.165) is 13.1 Å². The van der Waals surface area contributed by atoms with Crippen LogP contribution in [0.15, 0.2) is 56.9 Å². The molecule has 1 N–H and O–H groups in total. The van der Waals surface area contributed by atoms with Gasteiger partial charge in [-0.3, -0.25) is 9.69 Å². The average molecular weight is 376 g/mol. The molecule has 140 valence electrons. The first-order valence-corrected chi connectivity index (χ1v) is 10.4. The molecule has 2 heterocycles. The van der Waals surface area contributed by atoms with Crippen LogP contribution >= 0.6 is 0 Å². The Kier molecular flexibility index (Phi) is 5.78. The van der Waals surface area contributed by atoms with Gasteiger partial charge in [0.05, 0.1) is 4.90 Å². The van der Waals surface area contributed by atoms with Gasteiger partial charge in [-0.05, 0) is 57.1 Å². The minimum Gasteiger partial charge on any atom is -0.439 e. The zero-order chi connectivity index (χ0) is 18.6. The summed E-state index contributed by atoms with van der Waals surface area (Å²) in [5.74, 6) is -0.395. The van der Waals surface area contributed by atoms with Crippen LogP contribution < -0.4 is 5.32 Å². The molecule has 0 radical (unpaired) electrons. The first kappa shape index (κ1) is 18.7. The fraction of sp³-hybridized carbons (Fsp3) is 0.421. The molecule has 1 atom stereocenters. The summed E-state index contributed by atoms with van der Waals surface area (Å²) in [6.07, 6.45) is 3.65. The van der Waals surface area contributed by atoms with E-state index < -0.39 is 15.7 Å². The van der Waals surface area contributed by atoms with Gasteiger partial charge in [-0.1, -0.05) is 24.6 Å². The molecular weight excluding hydrogens is 352 g/mol. The number of piperidine rings is 1. The second kappa shape index (κ2) is 8.05. The highest BCUT2D eigenvalue weighted by Crippen LogP contribution is 2.22. The largest absolute Gasteiger partial charge is 0.439 e. The highest BCUT2D eigenvalue weighted by molar-refractivity contribution is 7.91. The van der Waals surface area contributed by atoms with Crippen molar-refractivity contribution in [2.45, 2.75) is 42.2 Å². The molecular formula is C19H24N2O4S. The topological polar surface area (TPSA) is 79.6 Å². The van der Waals surface area contributed by atoms with Crippen LogP contribution in [0.3, 0.4) is 0 Å². The Bertz CT molecular complexity index is 839. The Morgan fingerprint density at radius 3 is 2.50 bits per heavy atom. The number of nitrogens with zero attached hydrogens (tertiary/aromatic N) is 1. The van der Waals surface area contributed by atoms with E-state index in [1.54, 1.807) is 18.2 Å². The minimum absolute atomic E-state index is 0.00495. The van der Waals surface area contributed by atoms with Crippen LogP contribution in [0, 0.1) is 0 Å². The third-order valence-electron chi connectivity index (χ3n) is 4.70. The first-order valence-electron chi connectivity index (χ1n) is 8.91. The predicted molar refractivity (Wildman–Crippen MR) is 97.8 cm³/mol. The van der Waals surface area contributed by atoms with Crippen LogP contribution in [0.2, 0.25) is 0 Å². The van der Waals surface area contributed by atoms with E-state index in [1.165, 1.54) is 43.5 Å². The molecule has 2 aromatic rings. The number of amides is 1. The Labute approximate surface area is 154 Å². The Morgan fingerprint density at radius 2 is 1.81 bits per heavy atom. The van der Waals surface area contributed by atoms with E-state index >= 15 is 0 Å². The van der Waals surface area contributed by atoms with Gasteiger partial charge < -0.3 is 9.73 Å². The normalized spacial score (nSPS) is 17.0. The molecule has 0 saturated carbocycles. The second-order valence-corrected chi connectivity index (χ2v) is 8.47. The highest BCUT2D eigenvalue weighted by atomic mass is 32.2. The lowest BCUT2D eigenvalue weighted by Gasteiger charge is -2.32. The van der Waals surface area contributed by atoms with Crippen LogP contribution in [-0.4, -0.2) is 44.9 Å². The van der Waals surface area contributed by atoms with Crippen molar-refractivity contribution in [3.05, 3.63) is 48.2 Å². The van der Waals surface area contributed by atoms with E-state index in [-0.39, 0.29) is 21.8 Å². The van der Waals surface area contributed by atoms with Gasteiger partial charge in [-0.2, -0.15) is 0 Å². The summed E-state index contributed by atoms with van der Waals surface area (Å²) in [5.41, 5.74) is 0. The smallest absolute Gasteiger partial charge is 0.287 e. The third-order valence-corrected chi connectivity index (χ3v) is 6.34. The van der Waals surface area contributed by atoms with Crippen LogP contribution in [0.4, 0.5) is 0 Å². The quantitative estimate of drug-likeness (QED) is 0.838. The lowest BCUT2D eigenvalue weighted by atomic mass is 10.1. The van der Waals surface area contributed by atoms with E-state index in [4.69, 9.17) is 4.42 Å². The number of furan rings is 1. The zero-order valence-electron chi connectivity index (χ0n) is 14.8. The van der Waals surface area contributed by atoms with Crippen LogP contribution in [-0.2, 0) is 9.84 Å². The molecule has 1 aliphatic heterocycles. The van der Waals surface area contributed by atoms with Crippen LogP contribution in [0.25, 0.3) is 0 Å². The summed E-state index contributed by atoms with van der Waals surface area (Å²) in [4.78, 5) is 14.8. The Hall–Kier alpha value is -2.12. The molecule has 1 aromatic heterocycles. The van der Waals surface area contributed by atoms with Gasteiger partial charge in [-0.15, -0.1) is 0 Å². The number of carbonyl (C=O) groups is 1. The number of rotatable bonds is 6. The minimum atomic E-state index is -3.75. The fourth-order valence-electron chi connectivity index (χ4n) is 3.12. The number of benzene rings is 1. The molecule has 3 rings (SSSR count).